The fourth-order valence-electron chi connectivity index (χ4n) is 4.01. The number of aryl methyl sites for hydroxylation is 1. The van der Waals surface area contributed by atoms with Crippen molar-refractivity contribution in [3.63, 3.8) is 0 Å². The molecule has 0 spiro atoms. The lowest BCUT2D eigenvalue weighted by molar-refractivity contribution is -0.141. The number of halogens is 3. The standard InChI is InChI=1S/C18H18F3N9OS/c1-29-16(23-9-25-29)12-7-10(17(4-5-17)32(2,22)31)15-14(26-12)13(11-3-6-24-27-11)28-30(15)8-18(19,20)21/h3,6-7,9,22H,4-5,8H2,1-2H3,(H,24,27). The Hall–Kier alpha value is -3.29. The molecule has 14 heteroatoms. The number of nitrogens with one attached hydrogen (secondary N) is 2. The zero-order valence-corrected chi connectivity index (χ0v) is 17.8. The molecule has 0 amide bonds. The molecule has 10 nitrogen and oxygen atoms in total. The summed E-state index contributed by atoms with van der Waals surface area (Å²) in [6.45, 7) is -1.35. The summed E-state index contributed by atoms with van der Waals surface area (Å²) in [5, 5.41) is 14.8. The van der Waals surface area contributed by atoms with Gasteiger partial charge in [0.05, 0.1) is 25.7 Å². The van der Waals surface area contributed by atoms with Crippen LogP contribution in [-0.2, 0) is 28.1 Å². The van der Waals surface area contributed by atoms with Crippen LogP contribution in [0.2, 0.25) is 0 Å². The molecule has 4 aromatic heterocycles. The van der Waals surface area contributed by atoms with Crippen LogP contribution in [0.25, 0.3) is 33.9 Å². The molecule has 4 aromatic rings. The van der Waals surface area contributed by atoms with Crippen LogP contribution in [0.3, 0.4) is 0 Å². The molecule has 32 heavy (non-hydrogen) atoms. The van der Waals surface area contributed by atoms with Gasteiger partial charge in [-0.3, -0.25) is 14.6 Å². The van der Waals surface area contributed by atoms with Crippen molar-refractivity contribution in [2.24, 2.45) is 7.05 Å². The lowest BCUT2D eigenvalue weighted by atomic mass is 10.1. The number of pyridine rings is 1. The molecule has 5 rings (SSSR count). The molecular weight excluding hydrogens is 447 g/mol. The van der Waals surface area contributed by atoms with Gasteiger partial charge in [0, 0.05) is 25.1 Å². The van der Waals surface area contributed by atoms with Crippen LogP contribution in [0.5, 0.6) is 0 Å². The number of hydrogen-bond donors (Lipinski definition) is 2. The Balaban J connectivity index is 1.90. The Morgan fingerprint density at radius 2 is 2.09 bits per heavy atom. The quantitative estimate of drug-likeness (QED) is 0.466. The lowest BCUT2D eigenvalue weighted by Crippen LogP contribution is -2.23. The van der Waals surface area contributed by atoms with Crippen molar-refractivity contribution in [2.45, 2.75) is 30.3 Å². The summed E-state index contributed by atoms with van der Waals surface area (Å²) in [5.74, 6) is 0.385. The maximum atomic E-state index is 13.4. The summed E-state index contributed by atoms with van der Waals surface area (Å²) in [4.78, 5) is 8.79. The van der Waals surface area contributed by atoms with Crippen LogP contribution in [0.4, 0.5) is 13.2 Å². The predicted octanol–water partition coefficient (Wildman–Crippen LogP) is 2.84. The SMILES string of the molecule is Cn1ncnc1-c1cc(C2(S(C)(=N)=O)CC2)c2c(n1)c(-c1ccn[nH]1)nn2CC(F)(F)F. The average molecular weight is 465 g/mol. The van der Waals surface area contributed by atoms with Crippen LogP contribution in [0.15, 0.2) is 24.7 Å². The van der Waals surface area contributed by atoms with Gasteiger partial charge in [-0.15, -0.1) is 0 Å². The molecule has 0 bridgehead atoms. The summed E-state index contributed by atoms with van der Waals surface area (Å²) < 4.78 is 62.8. The van der Waals surface area contributed by atoms with Gasteiger partial charge in [0.2, 0.25) is 0 Å². The Kier molecular flexibility index (Phi) is 4.25. The Bertz CT molecular complexity index is 1430. The van der Waals surface area contributed by atoms with Gasteiger partial charge >= 0.3 is 6.18 Å². The molecule has 1 aliphatic carbocycles. The average Bonchev–Trinajstić information content (AvgIpc) is 2.99. The molecule has 1 aliphatic rings. The maximum absolute atomic E-state index is 13.4. The van der Waals surface area contributed by atoms with E-state index in [0.717, 1.165) is 4.68 Å². The van der Waals surface area contributed by atoms with E-state index in [0.29, 0.717) is 35.6 Å². The highest BCUT2D eigenvalue weighted by atomic mass is 32.2. The van der Waals surface area contributed by atoms with E-state index >= 15 is 0 Å². The van der Waals surface area contributed by atoms with Crippen LogP contribution in [0, 0.1) is 4.78 Å². The second-order valence-electron chi connectivity index (χ2n) is 7.89. The van der Waals surface area contributed by atoms with Crippen molar-refractivity contribution >= 4 is 20.8 Å². The molecule has 168 valence electrons. The first-order valence-corrected chi connectivity index (χ1v) is 11.5. The third-order valence-electron chi connectivity index (χ3n) is 5.66. The van der Waals surface area contributed by atoms with Crippen molar-refractivity contribution in [3.05, 3.63) is 30.2 Å². The van der Waals surface area contributed by atoms with E-state index in [4.69, 9.17) is 4.78 Å². The van der Waals surface area contributed by atoms with E-state index in [1.807, 2.05) is 0 Å². The highest BCUT2D eigenvalue weighted by molar-refractivity contribution is 7.93. The highest BCUT2D eigenvalue weighted by Gasteiger charge is 2.53. The number of aromatic nitrogens is 8. The largest absolute Gasteiger partial charge is 0.408 e. The monoisotopic (exact) mass is 465 g/mol. The van der Waals surface area contributed by atoms with Crippen molar-refractivity contribution in [2.75, 3.05) is 6.26 Å². The topological polar surface area (TPSA) is 131 Å². The Morgan fingerprint density at radius 1 is 1.34 bits per heavy atom. The minimum atomic E-state index is -4.55. The van der Waals surface area contributed by atoms with Gasteiger partial charge < -0.3 is 0 Å². The van der Waals surface area contributed by atoms with E-state index in [-0.39, 0.29) is 16.7 Å². The number of aromatic amines is 1. The van der Waals surface area contributed by atoms with Crippen LogP contribution >= 0.6 is 0 Å². The summed E-state index contributed by atoms with van der Waals surface area (Å²) in [6.07, 6.45) is 0.399. The Labute approximate surface area is 179 Å². The summed E-state index contributed by atoms with van der Waals surface area (Å²) in [6, 6.07) is 3.15. The third kappa shape index (κ3) is 3.16. The summed E-state index contributed by atoms with van der Waals surface area (Å²) in [7, 11) is -1.49. The second-order valence-corrected chi connectivity index (χ2v) is 10.4. The summed E-state index contributed by atoms with van der Waals surface area (Å²) >= 11 is 0. The van der Waals surface area contributed by atoms with Gasteiger partial charge in [0.1, 0.15) is 29.8 Å². The number of hydrogen-bond acceptors (Lipinski definition) is 7. The second kappa shape index (κ2) is 6.60. The minimum Gasteiger partial charge on any atom is -0.276 e. The summed E-state index contributed by atoms with van der Waals surface area (Å²) in [5.41, 5.74) is 1.55. The van der Waals surface area contributed by atoms with E-state index in [1.54, 1.807) is 19.2 Å². The molecule has 0 saturated heterocycles. The van der Waals surface area contributed by atoms with Crippen molar-refractivity contribution in [3.8, 4) is 22.9 Å². The van der Waals surface area contributed by atoms with Gasteiger partial charge in [-0.1, -0.05) is 0 Å². The predicted molar refractivity (Wildman–Crippen MR) is 109 cm³/mol. The van der Waals surface area contributed by atoms with Gasteiger partial charge in [-0.2, -0.15) is 28.5 Å². The molecule has 1 saturated carbocycles. The number of rotatable bonds is 5. The zero-order chi connectivity index (χ0) is 22.9. The molecule has 2 N–H and O–H groups in total. The number of H-pyrrole nitrogens is 1. The first-order chi connectivity index (χ1) is 15.0. The van der Waals surface area contributed by atoms with Gasteiger partial charge in [0.25, 0.3) is 0 Å². The number of nitrogens with zero attached hydrogens (tertiary/aromatic N) is 7. The first kappa shape index (κ1) is 20.6. The van der Waals surface area contributed by atoms with Crippen LogP contribution in [-0.4, -0.2) is 56.4 Å². The smallest absolute Gasteiger partial charge is 0.276 e. The molecule has 1 unspecified atom stereocenters. The molecule has 1 atom stereocenters. The molecule has 0 radical (unpaired) electrons. The van der Waals surface area contributed by atoms with Crippen LogP contribution in [0.1, 0.15) is 18.4 Å². The van der Waals surface area contributed by atoms with E-state index in [9.17, 15) is 17.4 Å². The first-order valence-electron chi connectivity index (χ1n) is 9.56. The third-order valence-corrected chi connectivity index (χ3v) is 7.78. The zero-order valence-electron chi connectivity index (χ0n) is 17.0. The van der Waals surface area contributed by atoms with Gasteiger partial charge in [-0.25, -0.2) is 18.9 Å². The molecule has 0 aromatic carbocycles. The Morgan fingerprint density at radius 3 is 2.62 bits per heavy atom. The van der Waals surface area contributed by atoms with Crippen molar-refractivity contribution < 1.29 is 17.4 Å². The van der Waals surface area contributed by atoms with Crippen LogP contribution < -0.4 is 0 Å². The maximum Gasteiger partial charge on any atom is 0.408 e. The van der Waals surface area contributed by atoms with E-state index in [2.05, 4.69) is 30.4 Å². The molecule has 1 fully saturated rings. The molecule has 4 heterocycles. The number of fused-ring (bicyclic) bond motifs is 1. The van der Waals surface area contributed by atoms with E-state index in [1.165, 1.54) is 23.5 Å². The minimum absolute atomic E-state index is 0.108. The fourth-order valence-corrected chi connectivity index (χ4v) is 5.46. The van der Waals surface area contributed by atoms with E-state index < -0.39 is 27.2 Å². The molecule has 0 aliphatic heterocycles. The van der Waals surface area contributed by atoms with Gasteiger partial charge in [-0.05, 0) is 25.0 Å². The number of alkyl halides is 3. The van der Waals surface area contributed by atoms with Gasteiger partial charge in [0.15, 0.2) is 5.82 Å². The lowest BCUT2D eigenvalue weighted by Gasteiger charge is -2.19. The van der Waals surface area contributed by atoms with Crippen molar-refractivity contribution in [1.82, 2.24) is 39.7 Å². The van der Waals surface area contributed by atoms with Crippen molar-refractivity contribution in [1.29, 1.82) is 4.78 Å². The fraction of sp³-hybridized carbons (Fsp3) is 0.389. The molecular formula is C18H18F3N9OS. The highest BCUT2D eigenvalue weighted by Crippen LogP contribution is 2.55. The normalized spacial score (nSPS) is 17.5.